The molecule has 13 heteroatoms. The lowest BCUT2D eigenvalue weighted by atomic mass is 10.1. The van der Waals surface area contributed by atoms with Gasteiger partial charge in [0.1, 0.15) is 23.0 Å². The molecule has 0 aliphatic carbocycles. The first kappa shape index (κ1) is 38.2. The molecule has 0 radical (unpaired) electrons. The molecule has 0 heterocycles. The Hall–Kier alpha value is -6.24. The highest BCUT2D eigenvalue weighted by Crippen LogP contribution is 2.22. The molecule has 0 atom stereocenters. The summed E-state index contributed by atoms with van der Waals surface area (Å²) < 4.78 is 35.7. The molecule has 3 aromatic carbocycles. The third kappa shape index (κ3) is 14.3. The zero-order valence-corrected chi connectivity index (χ0v) is 27.2. The van der Waals surface area contributed by atoms with Crippen molar-refractivity contribution in [3.8, 4) is 23.0 Å². The molecule has 13 nitrogen and oxygen atoms in total. The molecule has 0 aliphatic rings. The predicted octanol–water partition coefficient (Wildman–Crippen LogP) is 6.98. The molecule has 0 saturated carbocycles. The molecular weight excluding hydrogens is 652 g/mol. The fourth-order valence-corrected chi connectivity index (χ4v) is 3.90. The van der Waals surface area contributed by atoms with Gasteiger partial charge in [0.15, 0.2) is 5.78 Å². The zero-order valence-electron chi connectivity index (χ0n) is 27.2. The number of carbonyl (C=O) groups is 6. The lowest BCUT2D eigenvalue weighted by Gasteiger charge is -2.09. The van der Waals surface area contributed by atoms with Crippen LogP contribution >= 0.6 is 0 Å². The average molecular weight is 689 g/mol. The second kappa shape index (κ2) is 20.9. The molecule has 0 N–H and O–H groups in total. The van der Waals surface area contributed by atoms with Crippen LogP contribution in [0.3, 0.4) is 0 Å². The molecule has 262 valence electrons. The third-order valence-corrected chi connectivity index (χ3v) is 6.51. The number of rotatable bonds is 19. The van der Waals surface area contributed by atoms with E-state index in [-0.39, 0.29) is 59.7 Å². The van der Waals surface area contributed by atoms with Crippen LogP contribution in [0.4, 0.5) is 9.59 Å². The molecule has 0 fully saturated rings. The van der Waals surface area contributed by atoms with Crippen molar-refractivity contribution >= 4 is 36.0 Å². The third-order valence-electron chi connectivity index (χ3n) is 6.51. The molecule has 0 bridgehead atoms. The van der Waals surface area contributed by atoms with Crippen molar-refractivity contribution in [1.29, 1.82) is 0 Å². The molecule has 0 saturated heterocycles. The van der Waals surface area contributed by atoms with E-state index in [1.807, 2.05) is 0 Å². The molecule has 0 aliphatic heterocycles. The number of allylic oxidation sites excluding steroid dienone is 1. The SMILES string of the molecule is C=CC(=O)CCCCCOC(=O)Oc1ccc(C(=O)Oc2ccc(OC(=O)c3ccc(OC(=O)OCCCCOC(=O)C=C)cc3)cc2)cc1. The van der Waals surface area contributed by atoms with E-state index >= 15 is 0 Å². The smallest absolute Gasteiger partial charge is 0.463 e. The summed E-state index contributed by atoms with van der Waals surface area (Å²) in [4.78, 5) is 71.0. The molecule has 3 aromatic rings. The van der Waals surface area contributed by atoms with E-state index in [9.17, 15) is 28.8 Å². The Kier molecular flexibility index (Phi) is 16.0. The lowest BCUT2D eigenvalue weighted by Crippen LogP contribution is -2.13. The summed E-state index contributed by atoms with van der Waals surface area (Å²) in [5.74, 6) is -1.19. The Bertz CT molecular complexity index is 1500. The number of ether oxygens (including phenoxy) is 7. The summed E-state index contributed by atoms with van der Waals surface area (Å²) in [6.45, 7) is 7.11. The second-order valence-electron chi connectivity index (χ2n) is 10.3. The summed E-state index contributed by atoms with van der Waals surface area (Å²) >= 11 is 0. The highest BCUT2D eigenvalue weighted by atomic mass is 16.7. The Morgan fingerprint density at radius 2 is 0.840 bits per heavy atom. The number of hydrogen-bond acceptors (Lipinski definition) is 13. The van der Waals surface area contributed by atoms with Gasteiger partial charge < -0.3 is 33.2 Å². The van der Waals surface area contributed by atoms with Gasteiger partial charge >= 0.3 is 30.2 Å². The largest absolute Gasteiger partial charge is 0.513 e. The molecule has 0 amide bonds. The Balaban J connectivity index is 1.36. The van der Waals surface area contributed by atoms with Gasteiger partial charge in [-0.05, 0) is 111 Å². The van der Waals surface area contributed by atoms with Crippen LogP contribution in [-0.4, -0.2) is 55.8 Å². The van der Waals surface area contributed by atoms with Crippen molar-refractivity contribution in [2.75, 3.05) is 19.8 Å². The van der Waals surface area contributed by atoms with Crippen molar-refractivity contribution in [2.45, 2.75) is 38.5 Å². The van der Waals surface area contributed by atoms with Crippen molar-refractivity contribution in [2.24, 2.45) is 0 Å². The Labute approximate surface area is 288 Å². The predicted molar refractivity (Wildman–Crippen MR) is 177 cm³/mol. The number of unbranched alkanes of at least 4 members (excludes halogenated alkanes) is 3. The maximum Gasteiger partial charge on any atom is 0.513 e. The van der Waals surface area contributed by atoms with Crippen LogP contribution in [0, 0.1) is 0 Å². The minimum atomic E-state index is -0.924. The topological polar surface area (TPSA) is 167 Å². The second-order valence-corrected chi connectivity index (χ2v) is 10.3. The molecule has 50 heavy (non-hydrogen) atoms. The van der Waals surface area contributed by atoms with E-state index in [4.69, 9.17) is 33.2 Å². The van der Waals surface area contributed by atoms with Gasteiger partial charge in [-0.3, -0.25) is 4.79 Å². The maximum absolute atomic E-state index is 12.6. The van der Waals surface area contributed by atoms with Gasteiger partial charge in [0.25, 0.3) is 0 Å². The van der Waals surface area contributed by atoms with Crippen LogP contribution < -0.4 is 18.9 Å². The van der Waals surface area contributed by atoms with Crippen molar-refractivity contribution < 1.29 is 61.9 Å². The van der Waals surface area contributed by atoms with Gasteiger partial charge in [-0.2, -0.15) is 0 Å². The molecular formula is C37H36O13. The number of carbonyl (C=O) groups excluding carboxylic acids is 6. The van der Waals surface area contributed by atoms with Gasteiger partial charge in [-0.15, -0.1) is 0 Å². The van der Waals surface area contributed by atoms with Crippen LogP contribution in [0.25, 0.3) is 0 Å². The number of ketones is 1. The van der Waals surface area contributed by atoms with Gasteiger partial charge in [-0.25, -0.2) is 24.0 Å². The number of benzene rings is 3. The standard InChI is InChI=1S/C37H36O13/c1-3-28(38)10-6-5-7-24-45-36(42)49-31-15-11-26(12-16-31)34(40)47-29-19-21-30(22-20-29)48-35(41)27-13-17-32(18-14-27)50-37(43)46-25-9-8-23-44-33(39)4-2/h3-4,11-22H,1-2,5-10,23-25H2. The van der Waals surface area contributed by atoms with E-state index in [0.717, 1.165) is 6.08 Å². The first-order chi connectivity index (χ1) is 24.2. The van der Waals surface area contributed by atoms with Crippen LogP contribution in [0.5, 0.6) is 23.0 Å². The van der Waals surface area contributed by atoms with Gasteiger partial charge in [0.05, 0.1) is 30.9 Å². The maximum atomic E-state index is 12.6. The molecule has 0 unspecified atom stereocenters. The molecule has 0 spiro atoms. The zero-order chi connectivity index (χ0) is 36.1. The van der Waals surface area contributed by atoms with Crippen molar-refractivity contribution in [1.82, 2.24) is 0 Å². The van der Waals surface area contributed by atoms with Crippen molar-refractivity contribution in [3.05, 3.63) is 109 Å². The first-order valence-corrected chi connectivity index (χ1v) is 15.5. The van der Waals surface area contributed by atoms with Crippen LogP contribution in [0.2, 0.25) is 0 Å². The summed E-state index contributed by atoms with van der Waals surface area (Å²) in [5.41, 5.74) is 0.379. The van der Waals surface area contributed by atoms with E-state index < -0.39 is 30.2 Å². The highest BCUT2D eigenvalue weighted by Gasteiger charge is 2.14. The van der Waals surface area contributed by atoms with Crippen molar-refractivity contribution in [3.63, 3.8) is 0 Å². The lowest BCUT2D eigenvalue weighted by molar-refractivity contribution is -0.137. The summed E-state index contributed by atoms with van der Waals surface area (Å²) in [5, 5.41) is 0. The number of hydrogen-bond donors (Lipinski definition) is 0. The van der Waals surface area contributed by atoms with Crippen LogP contribution in [0.15, 0.2) is 98.1 Å². The summed E-state index contributed by atoms with van der Waals surface area (Å²) in [6, 6.07) is 17.1. The fraction of sp³-hybridized carbons (Fsp3) is 0.243. The number of esters is 3. The van der Waals surface area contributed by atoms with Gasteiger partial charge in [-0.1, -0.05) is 13.2 Å². The molecule has 0 aromatic heterocycles. The van der Waals surface area contributed by atoms with Crippen LogP contribution in [0.1, 0.15) is 59.2 Å². The van der Waals surface area contributed by atoms with E-state index in [1.165, 1.54) is 78.9 Å². The minimum absolute atomic E-state index is 0.0250. The Morgan fingerprint density at radius 1 is 0.460 bits per heavy atom. The monoisotopic (exact) mass is 688 g/mol. The van der Waals surface area contributed by atoms with E-state index in [0.29, 0.717) is 38.5 Å². The average Bonchev–Trinajstić information content (AvgIpc) is 3.12. The van der Waals surface area contributed by atoms with E-state index in [2.05, 4.69) is 13.2 Å². The minimum Gasteiger partial charge on any atom is -0.463 e. The first-order valence-electron chi connectivity index (χ1n) is 15.5. The Morgan fingerprint density at radius 3 is 1.26 bits per heavy atom. The quantitative estimate of drug-likeness (QED) is 0.0316. The normalized spacial score (nSPS) is 10.2. The highest BCUT2D eigenvalue weighted by molar-refractivity contribution is 5.92. The summed E-state index contributed by atoms with van der Waals surface area (Å²) in [6.07, 6.45) is 3.88. The van der Waals surface area contributed by atoms with Crippen LogP contribution in [-0.2, 0) is 23.8 Å². The molecule has 3 rings (SSSR count). The van der Waals surface area contributed by atoms with Gasteiger partial charge in [0.2, 0.25) is 0 Å². The van der Waals surface area contributed by atoms with Gasteiger partial charge in [0, 0.05) is 12.5 Å². The fourth-order valence-electron chi connectivity index (χ4n) is 3.90. The van der Waals surface area contributed by atoms with E-state index in [1.54, 1.807) is 0 Å². The summed E-state index contributed by atoms with van der Waals surface area (Å²) in [7, 11) is 0.